The summed E-state index contributed by atoms with van der Waals surface area (Å²) < 4.78 is 0. The Morgan fingerprint density at radius 3 is 2.19 bits per heavy atom. The molecule has 0 aliphatic rings. The van der Waals surface area contributed by atoms with Gasteiger partial charge in [-0.2, -0.15) is 0 Å². The van der Waals surface area contributed by atoms with Crippen molar-refractivity contribution >= 4 is 11.9 Å². The summed E-state index contributed by atoms with van der Waals surface area (Å²) in [5, 5.41) is 14.4. The molecule has 5 nitrogen and oxygen atoms in total. The first-order valence-electron chi connectivity index (χ1n) is 5.55. The second-order valence-corrected chi connectivity index (χ2v) is 4.42. The summed E-state index contributed by atoms with van der Waals surface area (Å²) in [6.07, 6.45) is -0.0321. The first-order valence-corrected chi connectivity index (χ1v) is 5.55. The Balaban J connectivity index is 4.28. The first-order chi connectivity index (χ1) is 7.38. The van der Waals surface area contributed by atoms with E-state index in [0.717, 1.165) is 0 Å². The van der Waals surface area contributed by atoms with Crippen LogP contribution in [-0.4, -0.2) is 36.6 Å². The maximum Gasteiger partial charge on any atom is 0.305 e. The minimum Gasteiger partial charge on any atom is -0.481 e. The second-order valence-electron chi connectivity index (χ2n) is 4.42. The first kappa shape index (κ1) is 14.9. The minimum atomic E-state index is -0.889. The topological polar surface area (TPSA) is 78.4 Å². The number of carboxylic acid groups (broad SMARTS) is 1. The molecule has 3 N–H and O–H groups in total. The van der Waals surface area contributed by atoms with Gasteiger partial charge in [0.15, 0.2) is 0 Å². The highest BCUT2D eigenvalue weighted by Gasteiger charge is 2.21. The Hall–Kier alpha value is -1.10. The van der Waals surface area contributed by atoms with Crippen LogP contribution < -0.4 is 10.6 Å². The van der Waals surface area contributed by atoms with Gasteiger partial charge < -0.3 is 15.7 Å². The van der Waals surface area contributed by atoms with Gasteiger partial charge in [0.05, 0.1) is 6.42 Å². The molecule has 0 rings (SSSR count). The summed E-state index contributed by atoms with van der Waals surface area (Å²) in [6, 6.07) is -0.302. The highest BCUT2D eigenvalue weighted by molar-refractivity contribution is 5.79. The Morgan fingerprint density at radius 1 is 1.25 bits per heavy atom. The molecule has 94 valence electrons. The summed E-state index contributed by atoms with van der Waals surface area (Å²) in [5.41, 5.74) is 0. The van der Waals surface area contributed by atoms with Crippen molar-refractivity contribution < 1.29 is 14.7 Å². The van der Waals surface area contributed by atoms with Crippen molar-refractivity contribution in [3.05, 3.63) is 0 Å². The average Bonchev–Trinajstić information content (AvgIpc) is 2.16. The molecule has 0 saturated heterocycles. The van der Waals surface area contributed by atoms with Crippen molar-refractivity contribution in [3.8, 4) is 0 Å². The summed E-state index contributed by atoms with van der Waals surface area (Å²) in [5.74, 6) is -1.03. The Labute approximate surface area is 96.6 Å². The second kappa shape index (κ2) is 7.22. The molecule has 0 aromatic rings. The van der Waals surface area contributed by atoms with Crippen molar-refractivity contribution in [1.82, 2.24) is 10.6 Å². The third-order valence-corrected chi connectivity index (χ3v) is 2.48. The normalized spacial score (nSPS) is 14.6. The van der Waals surface area contributed by atoms with Gasteiger partial charge in [0.2, 0.25) is 5.91 Å². The molecule has 16 heavy (non-hydrogen) atoms. The van der Waals surface area contributed by atoms with E-state index in [1.807, 2.05) is 20.8 Å². The van der Waals surface area contributed by atoms with Crippen LogP contribution >= 0.6 is 0 Å². The molecule has 0 spiro atoms. The molecule has 0 saturated carbocycles. The van der Waals surface area contributed by atoms with Crippen molar-refractivity contribution in [1.29, 1.82) is 0 Å². The van der Waals surface area contributed by atoms with Crippen LogP contribution in [0.5, 0.6) is 0 Å². The van der Waals surface area contributed by atoms with Crippen LogP contribution in [-0.2, 0) is 9.59 Å². The van der Waals surface area contributed by atoms with E-state index in [1.165, 1.54) is 0 Å². The number of hydrogen-bond donors (Lipinski definition) is 3. The fourth-order valence-electron chi connectivity index (χ4n) is 1.37. The molecule has 5 heteroatoms. The zero-order valence-corrected chi connectivity index (χ0v) is 10.4. The summed E-state index contributed by atoms with van der Waals surface area (Å²) in [7, 11) is 1.78. The quantitative estimate of drug-likeness (QED) is 0.593. The Kier molecular flexibility index (Phi) is 6.72. The molecule has 2 atom stereocenters. The van der Waals surface area contributed by atoms with Crippen LogP contribution in [0.25, 0.3) is 0 Å². The fourth-order valence-corrected chi connectivity index (χ4v) is 1.37. The Bertz CT molecular complexity index is 241. The van der Waals surface area contributed by atoms with Gasteiger partial charge in [-0.1, -0.05) is 20.8 Å². The number of carboxylic acids is 1. The lowest BCUT2D eigenvalue weighted by Gasteiger charge is -2.22. The smallest absolute Gasteiger partial charge is 0.305 e. The highest BCUT2D eigenvalue weighted by Crippen LogP contribution is 2.07. The van der Waals surface area contributed by atoms with Gasteiger partial charge in [0.1, 0.15) is 0 Å². The average molecular weight is 230 g/mol. The molecule has 0 aromatic heterocycles. The number of carbonyl (C=O) groups is 2. The number of nitrogens with one attached hydrogen (secondary N) is 2. The number of carbonyl (C=O) groups excluding carboxylic acids is 1. The van der Waals surface area contributed by atoms with Crippen LogP contribution in [0.4, 0.5) is 0 Å². The van der Waals surface area contributed by atoms with Crippen molar-refractivity contribution in [2.45, 2.75) is 33.2 Å². The maximum atomic E-state index is 11.7. The molecule has 0 aliphatic carbocycles. The third-order valence-electron chi connectivity index (χ3n) is 2.48. The van der Waals surface area contributed by atoms with Crippen molar-refractivity contribution in [2.24, 2.45) is 11.8 Å². The van der Waals surface area contributed by atoms with Crippen LogP contribution in [0.3, 0.4) is 0 Å². The molecular formula is C11H22N2O3. The SMILES string of the molecule is CNCC(C)C(=O)NC(CC(=O)O)C(C)C. The zero-order chi connectivity index (χ0) is 12.7. The zero-order valence-electron chi connectivity index (χ0n) is 10.4. The minimum absolute atomic E-state index is 0.0321. The molecule has 0 bridgehead atoms. The number of hydrogen-bond acceptors (Lipinski definition) is 3. The monoisotopic (exact) mass is 230 g/mol. The largest absolute Gasteiger partial charge is 0.481 e. The van der Waals surface area contributed by atoms with E-state index in [-0.39, 0.29) is 30.2 Å². The predicted molar refractivity (Wildman–Crippen MR) is 62.1 cm³/mol. The number of aliphatic carboxylic acids is 1. The lowest BCUT2D eigenvalue weighted by molar-refractivity contribution is -0.138. The molecule has 0 fully saturated rings. The summed E-state index contributed by atoms with van der Waals surface area (Å²) in [6.45, 7) is 6.20. The van der Waals surface area contributed by atoms with Crippen LogP contribution in [0.15, 0.2) is 0 Å². The van der Waals surface area contributed by atoms with E-state index in [2.05, 4.69) is 10.6 Å². The predicted octanol–water partition coefficient (Wildman–Crippen LogP) is 0.457. The van der Waals surface area contributed by atoms with E-state index < -0.39 is 5.97 Å². The highest BCUT2D eigenvalue weighted by atomic mass is 16.4. The standard InChI is InChI=1S/C11H22N2O3/c1-7(2)9(5-10(14)15)13-11(16)8(3)6-12-4/h7-9,12H,5-6H2,1-4H3,(H,13,16)(H,14,15). The van der Waals surface area contributed by atoms with E-state index in [9.17, 15) is 9.59 Å². The van der Waals surface area contributed by atoms with E-state index in [4.69, 9.17) is 5.11 Å². The summed E-state index contributed by atoms with van der Waals surface area (Å²) >= 11 is 0. The van der Waals surface area contributed by atoms with Gasteiger partial charge in [-0.25, -0.2) is 0 Å². The van der Waals surface area contributed by atoms with Crippen molar-refractivity contribution in [3.63, 3.8) is 0 Å². The van der Waals surface area contributed by atoms with Gasteiger partial charge >= 0.3 is 5.97 Å². The van der Waals surface area contributed by atoms with E-state index >= 15 is 0 Å². The molecule has 0 aliphatic heterocycles. The lowest BCUT2D eigenvalue weighted by Crippen LogP contribution is -2.44. The van der Waals surface area contributed by atoms with Gasteiger partial charge in [-0.3, -0.25) is 9.59 Å². The van der Waals surface area contributed by atoms with Crippen molar-refractivity contribution in [2.75, 3.05) is 13.6 Å². The van der Waals surface area contributed by atoms with Gasteiger partial charge in [-0.05, 0) is 13.0 Å². The maximum absolute atomic E-state index is 11.7. The van der Waals surface area contributed by atoms with E-state index in [0.29, 0.717) is 6.54 Å². The fraction of sp³-hybridized carbons (Fsp3) is 0.818. The van der Waals surface area contributed by atoms with Crippen LogP contribution in [0, 0.1) is 11.8 Å². The molecule has 0 aromatic carbocycles. The molecule has 2 unspecified atom stereocenters. The van der Waals surface area contributed by atoms with E-state index in [1.54, 1.807) is 7.05 Å². The number of rotatable bonds is 7. The molecule has 1 amide bonds. The van der Waals surface area contributed by atoms with Crippen LogP contribution in [0.2, 0.25) is 0 Å². The number of amides is 1. The van der Waals surface area contributed by atoms with Gasteiger partial charge in [0.25, 0.3) is 0 Å². The molecule has 0 heterocycles. The van der Waals surface area contributed by atoms with Crippen LogP contribution in [0.1, 0.15) is 27.2 Å². The molecule has 0 radical (unpaired) electrons. The third kappa shape index (κ3) is 5.70. The summed E-state index contributed by atoms with van der Waals surface area (Å²) in [4.78, 5) is 22.3. The Morgan fingerprint density at radius 2 is 1.81 bits per heavy atom. The van der Waals surface area contributed by atoms with Gasteiger partial charge in [0, 0.05) is 18.5 Å². The molecular weight excluding hydrogens is 208 g/mol. The van der Waals surface area contributed by atoms with Gasteiger partial charge in [-0.15, -0.1) is 0 Å². The lowest BCUT2D eigenvalue weighted by atomic mass is 10.00.